The predicted molar refractivity (Wildman–Crippen MR) is 61.1 cm³/mol. The van der Waals surface area contributed by atoms with Crippen LogP contribution in [0.1, 0.15) is 32.0 Å². The number of hydrogen-bond donors (Lipinski definition) is 2. The standard InChI is InChI=1S/C10H17N3OS/c1-7-11-9(15-13-7)12-8-4-3-5-10(8,2)6-14/h8,14H,3-6H2,1-2H3,(H,11,12,13). The summed E-state index contributed by atoms with van der Waals surface area (Å²) in [5.41, 5.74) is -0.000422. The summed E-state index contributed by atoms with van der Waals surface area (Å²) in [5, 5.41) is 13.7. The van der Waals surface area contributed by atoms with Crippen LogP contribution in [-0.4, -0.2) is 27.1 Å². The minimum Gasteiger partial charge on any atom is -0.396 e. The fraction of sp³-hybridized carbons (Fsp3) is 0.800. The van der Waals surface area contributed by atoms with Crippen LogP contribution in [-0.2, 0) is 0 Å². The van der Waals surface area contributed by atoms with Crippen molar-refractivity contribution in [1.29, 1.82) is 0 Å². The molecule has 1 saturated carbocycles. The molecule has 0 spiro atoms. The van der Waals surface area contributed by atoms with Crippen molar-refractivity contribution in [2.75, 3.05) is 11.9 Å². The number of rotatable bonds is 3. The van der Waals surface area contributed by atoms with Gasteiger partial charge < -0.3 is 10.4 Å². The number of aliphatic hydroxyl groups is 1. The molecule has 0 radical (unpaired) electrons. The molecular formula is C10H17N3OS. The first-order valence-electron chi connectivity index (χ1n) is 5.32. The van der Waals surface area contributed by atoms with Gasteiger partial charge in [0, 0.05) is 23.0 Å². The number of aromatic nitrogens is 2. The van der Waals surface area contributed by atoms with E-state index in [0.717, 1.165) is 23.8 Å². The summed E-state index contributed by atoms with van der Waals surface area (Å²) in [6.07, 6.45) is 3.36. The molecule has 2 N–H and O–H groups in total. The summed E-state index contributed by atoms with van der Waals surface area (Å²) in [4.78, 5) is 4.29. The van der Waals surface area contributed by atoms with Gasteiger partial charge in [0.05, 0.1) is 6.61 Å². The fourth-order valence-electron chi connectivity index (χ4n) is 2.17. The van der Waals surface area contributed by atoms with Crippen molar-refractivity contribution >= 4 is 16.7 Å². The van der Waals surface area contributed by atoms with Gasteiger partial charge in [0.1, 0.15) is 5.82 Å². The van der Waals surface area contributed by atoms with E-state index in [1.807, 2.05) is 6.92 Å². The lowest BCUT2D eigenvalue weighted by molar-refractivity contribution is 0.139. The highest BCUT2D eigenvalue weighted by Crippen LogP contribution is 2.39. The van der Waals surface area contributed by atoms with Crippen LogP contribution in [0.2, 0.25) is 0 Å². The maximum Gasteiger partial charge on any atom is 0.202 e. The van der Waals surface area contributed by atoms with Gasteiger partial charge in [-0.15, -0.1) is 0 Å². The van der Waals surface area contributed by atoms with Gasteiger partial charge in [-0.05, 0) is 19.8 Å². The number of nitrogens with one attached hydrogen (secondary N) is 1. The van der Waals surface area contributed by atoms with Crippen LogP contribution in [0.5, 0.6) is 0 Å². The molecule has 0 bridgehead atoms. The Balaban J connectivity index is 2.05. The molecule has 0 aromatic carbocycles. The summed E-state index contributed by atoms with van der Waals surface area (Å²) in [6.45, 7) is 4.26. The highest BCUT2D eigenvalue weighted by Gasteiger charge is 2.38. The van der Waals surface area contributed by atoms with Crippen molar-refractivity contribution in [3.8, 4) is 0 Å². The molecule has 1 aromatic heterocycles. The Morgan fingerprint density at radius 1 is 1.67 bits per heavy atom. The fourth-order valence-corrected chi connectivity index (χ4v) is 2.80. The lowest BCUT2D eigenvalue weighted by atomic mass is 9.86. The normalized spacial score (nSPS) is 30.7. The molecule has 2 rings (SSSR count). The predicted octanol–water partition coefficient (Wildman–Crippen LogP) is 1.81. The highest BCUT2D eigenvalue weighted by molar-refractivity contribution is 7.09. The number of nitrogens with zero attached hydrogens (tertiary/aromatic N) is 2. The Morgan fingerprint density at radius 2 is 2.47 bits per heavy atom. The number of aliphatic hydroxyl groups excluding tert-OH is 1. The van der Waals surface area contributed by atoms with E-state index in [1.165, 1.54) is 18.0 Å². The zero-order chi connectivity index (χ0) is 10.9. The largest absolute Gasteiger partial charge is 0.396 e. The first-order valence-corrected chi connectivity index (χ1v) is 6.09. The second-order valence-electron chi connectivity index (χ2n) is 4.55. The average Bonchev–Trinajstić information content (AvgIpc) is 2.76. The van der Waals surface area contributed by atoms with E-state index < -0.39 is 0 Å². The van der Waals surface area contributed by atoms with Crippen LogP contribution in [0.25, 0.3) is 0 Å². The molecule has 84 valence electrons. The third kappa shape index (κ3) is 2.13. The quantitative estimate of drug-likeness (QED) is 0.827. The topological polar surface area (TPSA) is 58.0 Å². The smallest absolute Gasteiger partial charge is 0.202 e. The second-order valence-corrected chi connectivity index (χ2v) is 5.30. The molecule has 15 heavy (non-hydrogen) atoms. The van der Waals surface area contributed by atoms with E-state index in [0.29, 0.717) is 6.04 Å². The maximum absolute atomic E-state index is 9.41. The lowest BCUT2D eigenvalue weighted by Crippen LogP contribution is -2.36. The van der Waals surface area contributed by atoms with E-state index in [4.69, 9.17) is 0 Å². The monoisotopic (exact) mass is 227 g/mol. The van der Waals surface area contributed by atoms with Crippen molar-refractivity contribution < 1.29 is 5.11 Å². The van der Waals surface area contributed by atoms with Gasteiger partial charge in [0.25, 0.3) is 0 Å². The average molecular weight is 227 g/mol. The number of anilines is 1. The van der Waals surface area contributed by atoms with Gasteiger partial charge in [-0.3, -0.25) is 0 Å². The third-order valence-electron chi connectivity index (χ3n) is 3.27. The Hall–Kier alpha value is -0.680. The molecule has 2 unspecified atom stereocenters. The van der Waals surface area contributed by atoms with Crippen LogP contribution < -0.4 is 5.32 Å². The minimum atomic E-state index is -0.000422. The van der Waals surface area contributed by atoms with E-state index >= 15 is 0 Å². The molecule has 0 aliphatic heterocycles. The Bertz CT molecular complexity index is 341. The summed E-state index contributed by atoms with van der Waals surface area (Å²) in [7, 11) is 0. The minimum absolute atomic E-state index is 0.000422. The Labute approximate surface area is 93.9 Å². The number of aryl methyl sites for hydroxylation is 1. The van der Waals surface area contributed by atoms with Crippen LogP contribution in [0, 0.1) is 12.3 Å². The molecule has 1 aliphatic carbocycles. The first-order chi connectivity index (χ1) is 7.14. The van der Waals surface area contributed by atoms with E-state index in [9.17, 15) is 5.11 Å². The van der Waals surface area contributed by atoms with Gasteiger partial charge in [-0.25, -0.2) is 4.98 Å². The van der Waals surface area contributed by atoms with E-state index in [1.54, 1.807) is 0 Å². The van der Waals surface area contributed by atoms with Crippen molar-refractivity contribution in [1.82, 2.24) is 9.36 Å². The van der Waals surface area contributed by atoms with E-state index in [-0.39, 0.29) is 12.0 Å². The zero-order valence-corrected chi connectivity index (χ0v) is 9.97. The lowest BCUT2D eigenvalue weighted by Gasteiger charge is -2.29. The van der Waals surface area contributed by atoms with Gasteiger partial charge >= 0.3 is 0 Å². The number of hydrogen-bond acceptors (Lipinski definition) is 5. The summed E-state index contributed by atoms with van der Waals surface area (Å²) < 4.78 is 4.14. The zero-order valence-electron chi connectivity index (χ0n) is 9.16. The Morgan fingerprint density at radius 3 is 3.07 bits per heavy atom. The summed E-state index contributed by atoms with van der Waals surface area (Å²) in [5.74, 6) is 0.811. The van der Waals surface area contributed by atoms with Crippen molar-refractivity contribution in [2.24, 2.45) is 5.41 Å². The SMILES string of the molecule is Cc1nsc(NC2CCCC2(C)CO)n1. The van der Waals surface area contributed by atoms with E-state index in [2.05, 4.69) is 21.6 Å². The molecule has 2 atom stereocenters. The molecule has 0 saturated heterocycles. The molecule has 1 heterocycles. The molecule has 1 aliphatic rings. The molecule has 5 heteroatoms. The van der Waals surface area contributed by atoms with Gasteiger partial charge in [0.2, 0.25) is 5.13 Å². The van der Waals surface area contributed by atoms with Crippen molar-refractivity contribution in [3.63, 3.8) is 0 Å². The maximum atomic E-state index is 9.41. The van der Waals surface area contributed by atoms with Crippen LogP contribution in [0.3, 0.4) is 0 Å². The molecular weight excluding hydrogens is 210 g/mol. The molecule has 4 nitrogen and oxygen atoms in total. The Kier molecular flexibility index (Phi) is 2.93. The highest BCUT2D eigenvalue weighted by atomic mass is 32.1. The van der Waals surface area contributed by atoms with Gasteiger partial charge in [-0.2, -0.15) is 4.37 Å². The van der Waals surface area contributed by atoms with Crippen molar-refractivity contribution in [3.05, 3.63) is 5.82 Å². The van der Waals surface area contributed by atoms with Crippen LogP contribution in [0.4, 0.5) is 5.13 Å². The van der Waals surface area contributed by atoms with Crippen LogP contribution >= 0.6 is 11.5 Å². The third-order valence-corrected chi connectivity index (χ3v) is 4.01. The molecule has 1 aromatic rings. The second kappa shape index (κ2) is 4.06. The van der Waals surface area contributed by atoms with Gasteiger partial charge in [0.15, 0.2) is 0 Å². The molecule has 1 fully saturated rings. The molecule has 0 amide bonds. The summed E-state index contributed by atoms with van der Waals surface area (Å²) >= 11 is 1.39. The summed E-state index contributed by atoms with van der Waals surface area (Å²) in [6, 6.07) is 0.329. The first kappa shape index (κ1) is 10.8. The van der Waals surface area contributed by atoms with Crippen LogP contribution in [0.15, 0.2) is 0 Å². The van der Waals surface area contributed by atoms with Gasteiger partial charge in [-0.1, -0.05) is 13.3 Å². The van der Waals surface area contributed by atoms with Crippen molar-refractivity contribution in [2.45, 2.75) is 39.2 Å².